The molecule has 0 aromatic carbocycles. The molecule has 162 valence electrons. The van der Waals surface area contributed by atoms with Gasteiger partial charge in [0, 0.05) is 19.7 Å². The average Bonchev–Trinajstić information content (AvgIpc) is 3.14. The number of anilines is 1. The van der Waals surface area contributed by atoms with Crippen LogP contribution in [-0.2, 0) is 14.3 Å². The predicted octanol–water partition coefficient (Wildman–Crippen LogP) is 2.96. The van der Waals surface area contributed by atoms with E-state index in [1.807, 2.05) is 27.7 Å². The van der Waals surface area contributed by atoms with E-state index in [4.69, 9.17) is 10.00 Å². The molecule has 3 heterocycles. The Bertz CT molecular complexity index is 699. The summed E-state index contributed by atoms with van der Waals surface area (Å²) in [6.07, 6.45) is 3.41. The summed E-state index contributed by atoms with van der Waals surface area (Å²) >= 11 is 3.36. The summed E-state index contributed by atoms with van der Waals surface area (Å²) in [7, 11) is 1.50. The van der Waals surface area contributed by atoms with E-state index in [9.17, 15) is 4.79 Å². The van der Waals surface area contributed by atoms with Crippen molar-refractivity contribution in [1.82, 2.24) is 9.97 Å². The van der Waals surface area contributed by atoms with Crippen molar-refractivity contribution in [2.75, 3.05) is 38.3 Å². The highest BCUT2D eigenvalue weighted by molar-refractivity contribution is 9.10. The Kier molecular flexibility index (Phi) is 9.96. The van der Waals surface area contributed by atoms with Crippen LogP contribution in [0.25, 0.3) is 0 Å². The Morgan fingerprint density at radius 1 is 1.28 bits per heavy atom. The number of nitrogens with two attached hydrogens (primary N) is 1. The Morgan fingerprint density at radius 2 is 1.90 bits per heavy atom. The van der Waals surface area contributed by atoms with Crippen molar-refractivity contribution in [2.24, 2.45) is 11.1 Å². The highest BCUT2D eigenvalue weighted by Crippen LogP contribution is 2.39. The fourth-order valence-corrected chi connectivity index (χ4v) is 3.40. The number of ether oxygens (including phenoxy) is 2. The van der Waals surface area contributed by atoms with E-state index in [1.54, 1.807) is 0 Å². The summed E-state index contributed by atoms with van der Waals surface area (Å²) in [5, 5.41) is 9.13. The van der Waals surface area contributed by atoms with Crippen LogP contribution >= 0.6 is 15.9 Å². The monoisotopic (exact) mass is 469 g/mol. The molecular weight excluding hydrogens is 438 g/mol. The first-order chi connectivity index (χ1) is 13.7. The van der Waals surface area contributed by atoms with E-state index in [0.29, 0.717) is 28.0 Å². The van der Waals surface area contributed by atoms with E-state index in [0.717, 1.165) is 44.8 Å². The van der Waals surface area contributed by atoms with Crippen LogP contribution in [0.5, 0.6) is 0 Å². The van der Waals surface area contributed by atoms with Crippen LogP contribution in [0.1, 0.15) is 51.4 Å². The number of aromatic nitrogens is 2. The van der Waals surface area contributed by atoms with Gasteiger partial charge in [0.2, 0.25) is 5.95 Å². The molecule has 0 radical (unpaired) electrons. The molecule has 1 aromatic heterocycles. The zero-order chi connectivity index (χ0) is 22.1. The van der Waals surface area contributed by atoms with Crippen molar-refractivity contribution in [3.05, 3.63) is 15.9 Å². The average molecular weight is 470 g/mol. The normalized spacial score (nSPS) is 17.4. The first-order valence-electron chi connectivity index (χ1n) is 9.66. The topological polar surface area (TPSA) is 114 Å². The summed E-state index contributed by atoms with van der Waals surface area (Å²) in [5.41, 5.74) is 5.79. The van der Waals surface area contributed by atoms with Crippen molar-refractivity contribution in [2.45, 2.75) is 52.6 Å². The summed E-state index contributed by atoms with van der Waals surface area (Å²) in [6, 6.07) is 2.12. The third-order valence-corrected chi connectivity index (χ3v) is 5.75. The number of hydrogen-bond acceptors (Lipinski definition) is 8. The molecule has 0 saturated carbocycles. The maximum atomic E-state index is 9.60. The number of rotatable bonds is 2. The minimum Gasteiger partial charge on any atom is -0.462 e. The van der Waals surface area contributed by atoms with Crippen LogP contribution in [0.3, 0.4) is 0 Å². The molecule has 0 aliphatic carbocycles. The van der Waals surface area contributed by atoms with Crippen LogP contribution < -0.4 is 10.6 Å². The lowest BCUT2D eigenvalue weighted by molar-refractivity contribution is -0.138. The number of carbonyl (C=O) groups excluding carboxylic acids is 1. The quantitative estimate of drug-likeness (QED) is 0.657. The van der Waals surface area contributed by atoms with Gasteiger partial charge in [0.15, 0.2) is 5.69 Å². The lowest BCUT2D eigenvalue weighted by Gasteiger charge is -2.38. The molecule has 1 spiro atoms. The van der Waals surface area contributed by atoms with E-state index < -0.39 is 0 Å². The molecule has 2 saturated heterocycles. The number of aryl methyl sites for hydroxylation is 1. The minimum atomic E-state index is -0.318. The summed E-state index contributed by atoms with van der Waals surface area (Å²) in [6.45, 7) is 11.5. The van der Waals surface area contributed by atoms with E-state index in [1.165, 1.54) is 13.5 Å². The van der Waals surface area contributed by atoms with Crippen molar-refractivity contribution >= 4 is 28.4 Å². The molecule has 2 fully saturated rings. The van der Waals surface area contributed by atoms with Gasteiger partial charge < -0.3 is 20.1 Å². The predicted molar refractivity (Wildman–Crippen MR) is 116 cm³/mol. The molecular formula is C20H32BrN5O3. The number of carbonyl (C=O) groups is 1. The molecule has 2 N–H and O–H groups in total. The third-order valence-electron chi connectivity index (χ3n) is 4.80. The van der Waals surface area contributed by atoms with Crippen molar-refractivity contribution in [3.8, 4) is 6.07 Å². The second-order valence-electron chi connectivity index (χ2n) is 8.00. The van der Waals surface area contributed by atoms with Gasteiger partial charge in [-0.3, -0.25) is 4.79 Å². The first-order valence-corrected chi connectivity index (χ1v) is 10.5. The Labute approximate surface area is 181 Å². The minimum absolute atomic E-state index is 0.318. The van der Waals surface area contributed by atoms with Crippen LogP contribution in [0, 0.1) is 23.7 Å². The van der Waals surface area contributed by atoms with E-state index >= 15 is 0 Å². The number of nitrogens with zero attached hydrogens (tertiary/aromatic N) is 4. The maximum absolute atomic E-state index is 9.60. The standard InChI is InChI=1S/C14H17BrN4O.C5H10O2.CH5N/c1-10-12(15)11(8-16)18-13(17-10)19-5-2-14(3-6-19)4-7-20-9-14;1-5(2,3)7-4-6;1-2/h2-7,9H2,1H3;4H,1-3H3;2H2,1H3. The lowest BCUT2D eigenvalue weighted by Crippen LogP contribution is -2.41. The number of piperidine rings is 1. The van der Waals surface area contributed by atoms with E-state index in [-0.39, 0.29) is 5.60 Å². The number of hydrogen-bond donors (Lipinski definition) is 1. The summed E-state index contributed by atoms with van der Waals surface area (Å²) in [5.74, 6) is 0.677. The second kappa shape index (κ2) is 11.4. The Morgan fingerprint density at radius 3 is 2.31 bits per heavy atom. The zero-order valence-electron chi connectivity index (χ0n) is 18.0. The molecule has 2 aliphatic rings. The van der Waals surface area contributed by atoms with E-state index in [2.05, 4.69) is 47.3 Å². The maximum Gasteiger partial charge on any atom is 0.293 e. The molecule has 2 aliphatic heterocycles. The van der Waals surface area contributed by atoms with Gasteiger partial charge in [-0.05, 0) is 75.4 Å². The fraction of sp³-hybridized carbons (Fsp3) is 0.700. The first kappa shape index (κ1) is 25.3. The molecule has 9 heteroatoms. The molecule has 0 atom stereocenters. The van der Waals surface area contributed by atoms with Crippen molar-refractivity contribution in [3.63, 3.8) is 0 Å². The second-order valence-corrected chi connectivity index (χ2v) is 8.79. The van der Waals surface area contributed by atoms with Crippen molar-refractivity contribution < 1.29 is 14.3 Å². The molecule has 0 bridgehead atoms. The molecule has 29 heavy (non-hydrogen) atoms. The molecule has 0 unspecified atom stereocenters. The van der Waals surface area contributed by atoms with Crippen LogP contribution in [0.4, 0.5) is 5.95 Å². The van der Waals surface area contributed by atoms with Crippen molar-refractivity contribution in [1.29, 1.82) is 5.26 Å². The van der Waals surface area contributed by atoms with Crippen LogP contribution in [0.15, 0.2) is 4.47 Å². The molecule has 8 nitrogen and oxygen atoms in total. The number of nitriles is 1. The zero-order valence-corrected chi connectivity index (χ0v) is 19.6. The SMILES string of the molecule is CC(C)(C)OC=O.CN.Cc1nc(N2CCC3(CCOC3)CC2)nc(C#N)c1Br. The van der Waals surface area contributed by atoms with Gasteiger partial charge in [-0.2, -0.15) is 5.26 Å². The lowest BCUT2D eigenvalue weighted by atomic mass is 9.78. The molecule has 1 aromatic rings. The molecule has 3 rings (SSSR count). The highest BCUT2D eigenvalue weighted by Gasteiger charge is 2.38. The summed E-state index contributed by atoms with van der Waals surface area (Å²) < 4.78 is 10.8. The van der Waals surface area contributed by atoms with Gasteiger partial charge in [-0.25, -0.2) is 9.97 Å². The Hall–Kier alpha value is -1.76. The van der Waals surface area contributed by atoms with Gasteiger partial charge in [0.1, 0.15) is 11.7 Å². The smallest absolute Gasteiger partial charge is 0.293 e. The van der Waals surface area contributed by atoms with Gasteiger partial charge in [-0.15, -0.1) is 0 Å². The third kappa shape index (κ3) is 7.53. The van der Waals surface area contributed by atoms with Gasteiger partial charge >= 0.3 is 0 Å². The fourth-order valence-electron chi connectivity index (χ4n) is 3.13. The largest absolute Gasteiger partial charge is 0.462 e. The van der Waals surface area contributed by atoms with Gasteiger partial charge in [-0.1, -0.05) is 0 Å². The van der Waals surface area contributed by atoms with Crippen LogP contribution in [0.2, 0.25) is 0 Å². The highest BCUT2D eigenvalue weighted by atomic mass is 79.9. The Balaban J connectivity index is 0.000000399. The summed E-state index contributed by atoms with van der Waals surface area (Å²) in [4.78, 5) is 20.7. The molecule has 0 amide bonds. The number of halogens is 1. The van der Waals surface area contributed by atoms with Gasteiger partial charge in [0.05, 0.1) is 16.8 Å². The van der Waals surface area contributed by atoms with Crippen LogP contribution in [-0.4, -0.2) is 55.4 Å². The van der Waals surface area contributed by atoms with Gasteiger partial charge in [0.25, 0.3) is 6.47 Å².